The molecule has 0 bridgehead atoms. The third-order valence-electron chi connectivity index (χ3n) is 10.0. The summed E-state index contributed by atoms with van der Waals surface area (Å²) in [4.78, 5) is 9.39. The molecular formula is C52H49F6N2O6PS2. The number of aromatic nitrogens is 2. The van der Waals surface area contributed by atoms with E-state index in [1.165, 1.54) is 53.3 Å². The van der Waals surface area contributed by atoms with E-state index in [1.807, 2.05) is 81.4 Å². The maximum absolute atomic E-state index is 12.6. The van der Waals surface area contributed by atoms with Crippen molar-refractivity contribution in [3.8, 4) is 38.4 Å². The minimum Gasteiger partial charge on any atom is -0.496 e. The summed E-state index contributed by atoms with van der Waals surface area (Å²) in [5.74, 6) is -0.138. The van der Waals surface area contributed by atoms with E-state index in [-0.39, 0.29) is 17.7 Å². The van der Waals surface area contributed by atoms with Crippen molar-refractivity contribution in [2.24, 2.45) is 0 Å². The van der Waals surface area contributed by atoms with E-state index < -0.39 is 20.3 Å². The van der Waals surface area contributed by atoms with Gasteiger partial charge in [0.1, 0.15) is 27.3 Å². The third kappa shape index (κ3) is 15.5. The second kappa shape index (κ2) is 23.1. The normalized spacial score (nSPS) is 11.8. The molecule has 8 nitrogen and oxygen atoms in total. The quantitative estimate of drug-likeness (QED) is 0.0641. The second-order valence-corrected chi connectivity index (χ2v) is 19.6. The molecule has 0 unspecified atom stereocenters. The van der Waals surface area contributed by atoms with Gasteiger partial charge in [-0.05, 0) is 123 Å². The Labute approximate surface area is 404 Å². The molecule has 8 aromatic rings. The van der Waals surface area contributed by atoms with Crippen LogP contribution in [0.2, 0.25) is 0 Å². The van der Waals surface area contributed by atoms with E-state index in [0.29, 0.717) is 24.5 Å². The molecule has 2 heterocycles. The molecule has 0 aliphatic heterocycles. The van der Waals surface area contributed by atoms with Crippen LogP contribution in [0.5, 0.6) is 17.2 Å². The maximum atomic E-state index is 12.6. The van der Waals surface area contributed by atoms with Gasteiger partial charge in [0.15, 0.2) is 0 Å². The molecule has 0 aliphatic carbocycles. The lowest BCUT2D eigenvalue weighted by Gasteiger charge is -2.17. The van der Waals surface area contributed by atoms with Gasteiger partial charge in [0.2, 0.25) is 0 Å². The molecule has 6 aromatic carbocycles. The number of nitrogens with zero attached hydrogens (tertiary/aromatic N) is 2. The fourth-order valence-electron chi connectivity index (χ4n) is 6.72. The highest BCUT2D eigenvalue weighted by Gasteiger charge is 2.32. The number of ether oxygens (including phenoxy) is 3. The van der Waals surface area contributed by atoms with Crippen LogP contribution in [0.1, 0.15) is 52.8 Å². The Bertz CT molecular complexity index is 3050. The van der Waals surface area contributed by atoms with Gasteiger partial charge < -0.3 is 23.3 Å². The molecule has 8 rings (SSSR count). The Morgan fingerprint density at radius 2 is 1.06 bits per heavy atom. The summed E-state index contributed by atoms with van der Waals surface area (Å²) >= 11 is 3.34. The van der Waals surface area contributed by atoms with Crippen LogP contribution < -0.4 is 14.2 Å². The predicted octanol–water partition coefficient (Wildman–Crippen LogP) is 16.6. The third-order valence-corrected chi connectivity index (χ3v) is 14.2. The zero-order valence-corrected chi connectivity index (χ0v) is 41.2. The van der Waals surface area contributed by atoms with Gasteiger partial charge >= 0.3 is 20.3 Å². The van der Waals surface area contributed by atoms with Crippen molar-refractivity contribution in [3.05, 3.63) is 160 Å². The van der Waals surface area contributed by atoms with Crippen LogP contribution in [-0.4, -0.2) is 43.0 Å². The van der Waals surface area contributed by atoms with E-state index in [0.717, 1.165) is 59.1 Å². The van der Waals surface area contributed by atoms with Crippen LogP contribution >= 0.6 is 30.3 Å². The summed E-state index contributed by atoms with van der Waals surface area (Å²) in [6, 6.07) is 36.7. The Kier molecular flexibility index (Phi) is 17.5. The van der Waals surface area contributed by atoms with Gasteiger partial charge in [-0.25, -0.2) is 9.97 Å². The molecule has 0 fully saturated rings. The highest BCUT2D eigenvalue weighted by molar-refractivity contribution is 7.53. The lowest BCUT2D eigenvalue weighted by molar-refractivity contribution is -0.275. The van der Waals surface area contributed by atoms with Gasteiger partial charge in [-0.2, -0.15) is 0 Å². The van der Waals surface area contributed by atoms with Gasteiger partial charge in [0, 0.05) is 17.2 Å². The summed E-state index contributed by atoms with van der Waals surface area (Å²) in [7, 11) is -1.68. The minimum atomic E-state index is -4.70. The first-order valence-corrected chi connectivity index (χ1v) is 24.8. The van der Waals surface area contributed by atoms with Gasteiger partial charge in [-0.3, -0.25) is 4.57 Å². The molecule has 17 heteroatoms. The Balaban J connectivity index is 0.000000181. The first-order valence-electron chi connectivity index (χ1n) is 21.5. The molecule has 0 N–H and O–H groups in total. The lowest BCUT2D eigenvalue weighted by Crippen LogP contribution is -2.17. The Morgan fingerprint density at radius 1 is 0.580 bits per heavy atom. The van der Waals surface area contributed by atoms with Crippen molar-refractivity contribution >= 4 is 62.9 Å². The molecule has 0 saturated heterocycles. The fraction of sp³-hybridized carbons (Fsp3) is 0.231. The van der Waals surface area contributed by atoms with E-state index in [2.05, 4.69) is 53.7 Å². The number of halogens is 6. The van der Waals surface area contributed by atoms with Crippen LogP contribution in [0.25, 0.3) is 53.7 Å². The van der Waals surface area contributed by atoms with E-state index in [1.54, 1.807) is 41.7 Å². The molecule has 0 aliphatic rings. The number of hydrogen-bond donors (Lipinski definition) is 0. The van der Waals surface area contributed by atoms with Crippen molar-refractivity contribution in [1.29, 1.82) is 0 Å². The van der Waals surface area contributed by atoms with Crippen molar-refractivity contribution < 1.29 is 54.2 Å². The fourth-order valence-corrected chi connectivity index (χ4v) is 10.6. The first kappa shape index (κ1) is 52.3. The highest BCUT2D eigenvalue weighted by Crippen LogP contribution is 2.51. The summed E-state index contributed by atoms with van der Waals surface area (Å²) < 4.78 is 111. The van der Waals surface area contributed by atoms with Gasteiger partial charge in [-0.1, -0.05) is 84.9 Å². The predicted molar refractivity (Wildman–Crippen MR) is 265 cm³/mol. The maximum Gasteiger partial charge on any atom is 0.573 e. The number of fused-ring (bicyclic) bond motifs is 2. The molecule has 0 amide bonds. The van der Waals surface area contributed by atoms with Crippen LogP contribution in [0.3, 0.4) is 0 Å². The van der Waals surface area contributed by atoms with Crippen LogP contribution in [0.4, 0.5) is 26.3 Å². The Morgan fingerprint density at radius 3 is 1.54 bits per heavy atom. The summed E-state index contributed by atoms with van der Waals surface area (Å²) in [5.41, 5.74) is 10.7. The average molecular weight is 1010 g/mol. The number of thiazole rings is 2. The van der Waals surface area contributed by atoms with Gasteiger partial charge in [-0.15, -0.1) is 49.0 Å². The molecule has 0 spiro atoms. The number of benzene rings is 6. The number of hydrogen-bond acceptors (Lipinski definition) is 10. The molecule has 2 aromatic heterocycles. The second-order valence-electron chi connectivity index (χ2n) is 15.5. The highest BCUT2D eigenvalue weighted by atomic mass is 32.1. The van der Waals surface area contributed by atoms with Crippen LogP contribution in [0, 0.1) is 27.7 Å². The van der Waals surface area contributed by atoms with Crippen LogP contribution in [-0.2, 0) is 19.8 Å². The van der Waals surface area contributed by atoms with Crippen molar-refractivity contribution in [1.82, 2.24) is 9.97 Å². The van der Waals surface area contributed by atoms with Crippen molar-refractivity contribution in [3.63, 3.8) is 0 Å². The standard InChI is InChI=1S/C24H18F3NOS.C19H22NO3PS.C9H9F3O2/c1-15-3-12-21-22(13-15)30-23(28-21)18-8-5-17(6-9-18)7-10-19-14-20(11-4-16(19)2)29-24(25,26)27;1-4-22-24(21,23-5-2)13-15-7-9-16(10-8-15)19-20-17-11-6-14(3)12-18(17)25-19;1-6-3-4-7(5-8(6)13-2)14-9(10,11)12/h3-14H,1-2H3;6-12H,4-5,13H2,1-3H3;3-5H,1-2H3/b10-7+;;. The SMILES string of the molecule is CCOP(=O)(Cc1ccc(-c2nc3ccc(C)cc3s2)cc1)OCC.COc1cc(OC(F)(F)F)ccc1C.Cc1ccc2nc(-c3ccc(/C=C/c4cc(OC(F)(F)F)ccc4C)cc3)sc2c1. The van der Waals surface area contributed by atoms with Crippen molar-refractivity contribution in [2.45, 2.75) is 60.4 Å². The minimum absolute atomic E-state index is 0.228. The lowest BCUT2D eigenvalue weighted by atomic mass is 10.1. The molecule has 0 saturated carbocycles. The number of alkyl halides is 6. The number of methoxy groups -OCH3 is 1. The van der Waals surface area contributed by atoms with Crippen molar-refractivity contribution in [2.75, 3.05) is 20.3 Å². The number of rotatable bonds is 13. The monoisotopic (exact) mass is 1010 g/mol. The summed E-state index contributed by atoms with van der Waals surface area (Å²) in [5, 5.41) is 1.95. The van der Waals surface area contributed by atoms with E-state index in [4.69, 9.17) is 23.8 Å². The molecule has 362 valence electrons. The zero-order valence-electron chi connectivity index (χ0n) is 38.7. The molecule has 0 atom stereocenters. The summed E-state index contributed by atoms with van der Waals surface area (Å²) in [6.07, 6.45) is -5.43. The zero-order chi connectivity index (χ0) is 49.9. The van der Waals surface area contributed by atoms with Gasteiger partial charge in [0.05, 0.1) is 46.9 Å². The summed E-state index contributed by atoms with van der Waals surface area (Å²) in [6.45, 7) is 12.1. The largest absolute Gasteiger partial charge is 0.573 e. The smallest absolute Gasteiger partial charge is 0.496 e. The molecule has 0 radical (unpaired) electrons. The van der Waals surface area contributed by atoms with E-state index in [9.17, 15) is 30.9 Å². The van der Waals surface area contributed by atoms with Crippen LogP contribution in [0.15, 0.2) is 121 Å². The average Bonchev–Trinajstić information content (AvgIpc) is 3.91. The molecular weight excluding hydrogens is 958 g/mol. The van der Waals surface area contributed by atoms with E-state index >= 15 is 0 Å². The topological polar surface area (TPSA) is 89.0 Å². The Hall–Kier alpha value is -6.03. The molecule has 69 heavy (non-hydrogen) atoms. The number of aryl methyl sites for hydroxylation is 4. The van der Waals surface area contributed by atoms with Gasteiger partial charge in [0.25, 0.3) is 0 Å². The first-order chi connectivity index (χ1) is 32.7.